The third-order valence-corrected chi connectivity index (χ3v) is 4.20. The summed E-state index contributed by atoms with van der Waals surface area (Å²) >= 11 is 1.13. The smallest absolute Gasteiger partial charge is 0.277 e. The topological polar surface area (TPSA) is 97.1 Å². The van der Waals surface area contributed by atoms with Crippen molar-refractivity contribution in [3.63, 3.8) is 0 Å². The first-order chi connectivity index (χ1) is 11.8. The van der Waals surface area contributed by atoms with Crippen molar-refractivity contribution in [1.82, 2.24) is 20.8 Å². The van der Waals surface area contributed by atoms with Crippen molar-refractivity contribution < 1.29 is 14.0 Å². The zero-order valence-corrected chi connectivity index (χ0v) is 15.6. The van der Waals surface area contributed by atoms with Crippen LogP contribution in [0, 0.1) is 13.8 Å². The van der Waals surface area contributed by atoms with Gasteiger partial charge >= 0.3 is 0 Å². The first-order valence-electron chi connectivity index (χ1n) is 7.95. The molecule has 2 N–H and O–H groups in total. The van der Waals surface area contributed by atoms with Crippen LogP contribution in [0.1, 0.15) is 25.0 Å². The summed E-state index contributed by atoms with van der Waals surface area (Å²) in [5.41, 5.74) is 3.18. The van der Waals surface area contributed by atoms with Crippen molar-refractivity contribution in [2.45, 2.75) is 39.0 Å². The Kier molecular flexibility index (Phi) is 6.58. The number of thioether (sulfide) groups is 1. The lowest BCUT2D eigenvalue weighted by Gasteiger charge is -2.08. The molecule has 7 nitrogen and oxygen atoms in total. The van der Waals surface area contributed by atoms with E-state index < -0.39 is 0 Å². The fourth-order valence-corrected chi connectivity index (χ4v) is 2.58. The predicted octanol–water partition coefficient (Wildman–Crippen LogP) is 2.09. The molecule has 1 heterocycles. The zero-order chi connectivity index (χ0) is 18.4. The van der Waals surface area contributed by atoms with Crippen LogP contribution in [0.2, 0.25) is 0 Å². The van der Waals surface area contributed by atoms with E-state index in [1.807, 2.05) is 45.9 Å². The van der Waals surface area contributed by atoms with Crippen LogP contribution < -0.4 is 10.6 Å². The Hall–Kier alpha value is -2.35. The Morgan fingerprint density at radius 3 is 2.60 bits per heavy atom. The quantitative estimate of drug-likeness (QED) is 0.732. The van der Waals surface area contributed by atoms with Gasteiger partial charge in [-0.1, -0.05) is 17.8 Å². The second-order valence-corrected chi connectivity index (χ2v) is 6.89. The molecule has 1 aromatic heterocycles. The average molecular weight is 362 g/mol. The second-order valence-electron chi connectivity index (χ2n) is 5.96. The molecule has 0 unspecified atom stereocenters. The lowest BCUT2D eigenvalue weighted by molar-refractivity contribution is -0.125. The van der Waals surface area contributed by atoms with E-state index in [-0.39, 0.29) is 30.2 Å². The molecule has 0 saturated carbocycles. The maximum atomic E-state index is 11.8. The average Bonchev–Trinajstić information content (AvgIpc) is 3.02. The molecule has 0 bridgehead atoms. The predicted molar refractivity (Wildman–Crippen MR) is 96.2 cm³/mol. The maximum Gasteiger partial charge on any atom is 0.277 e. The van der Waals surface area contributed by atoms with E-state index in [0.29, 0.717) is 11.1 Å². The SMILES string of the molecule is Cc1ccc(-c2nnc(SCC(=O)NCC(=O)NC(C)C)o2)cc1C. The second kappa shape index (κ2) is 8.66. The van der Waals surface area contributed by atoms with Gasteiger partial charge in [-0.3, -0.25) is 9.59 Å². The number of benzene rings is 1. The fourth-order valence-electron chi connectivity index (χ4n) is 1.99. The molecule has 0 saturated heterocycles. The van der Waals surface area contributed by atoms with Crippen LogP contribution in [0.5, 0.6) is 0 Å². The molecule has 0 aliphatic rings. The van der Waals surface area contributed by atoms with Gasteiger partial charge < -0.3 is 15.1 Å². The number of hydrogen-bond acceptors (Lipinski definition) is 6. The molecule has 134 valence electrons. The lowest BCUT2D eigenvalue weighted by atomic mass is 10.1. The number of nitrogens with one attached hydrogen (secondary N) is 2. The largest absolute Gasteiger partial charge is 0.411 e. The molecule has 0 atom stereocenters. The maximum absolute atomic E-state index is 11.8. The number of carbonyl (C=O) groups is 2. The van der Waals surface area contributed by atoms with E-state index in [1.54, 1.807) is 0 Å². The Balaban J connectivity index is 1.84. The van der Waals surface area contributed by atoms with Crippen LogP contribution >= 0.6 is 11.8 Å². The summed E-state index contributed by atoms with van der Waals surface area (Å²) < 4.78 is 5.57. The Labute approximate surface area is 151 Å². The van der Waals surface area contributed by atoms with Gasteiger partial charge in [-0.05, 0) is 51.0 Å². The molecule has 8 heteroatoms. The van der Waals surface area contributed by atoms with Gasteiger partial charge in [-0.2, -0.15) is 0 Å². The van der Waals surface area contributed by atoms with Gasteiger partial charge in [-0.15, -0.1) is 10.2 Å². The summed E-state index contributed by atoms with van der Waals surface area (Å²) in [7, 11) is 0. The number of nitrogens with zero attached hydrogens (tertiary/aromatic N) is 2. The number of aryl methyl sites for hydroxylation is 2. The van der Waals surface area contributed by atoms with Gasteiger partial charge in [0.15, 0.2) is 0 Å². The monoisotopic (exact) mass is 362 g/mol. The highest BCUT2D eigenvalue weighted by Crippen LogP contribution is 2.24. The minimum atomic E-state index is -0.269. The van der Waals surface area contributed by atoms with E-state index >= 15 is 0 Å². The minimum absolute atomic E-state index is 0.0426. The standard InChI is InChI=1S/C17H22N4O3S/c1-10(2)19-14(22)8-18-15(23)9-25-17-21-20-16(24-17)13-6-5-11(3)12(4)7-13/h5-7,10H,8-9H2,1-4H3,(H,18,23)(H,19,22). The Morgan fingerprint density at radius 2 is 1.92 bits per heavy atom. The molecule has 0 fully saturated rings. The molecule has 0 spiro atoms. The number of amides is 2. The van der Waals surface area contributed by atoms with E-state index in [9.17, 15) is 9.59 Å². The minimum Gasteiger partial charge on any atom is -0.411 e. The Bertz CT molecular complexity index is 758. The number of carbonyl (C=O) groups excluding carboxylic acids is 2. The summed E-state index contributed by atoms with van der Waals surface area (Å²) in [5.74, 6) is 0.0316. The van der Waals surface area contributed by atoms with E-state index in [4.69, 9.17) is 4.42 Å². The molecule has 2 amide bonds. The first kappa shape index (κ1) is 19.0. The van der Waals surface area contributed by atoms with Gasteiger partial charge in [-0.25, -0.2) is 0 Å². The highest BCUT2D eigenvalue weighted by Gasteiger charge is 2.12. The van der Waals surface area contributed by atoms with E-state index in [0.717, 1.165) is 22.9 Å². The summed E-state index contributed by atoms with van der Waals surface area (Å²) in [5, 5.41) is 13.5. The molecular formula is C17H22N4O3S. The van der Waals surface area contributed by atoms with Crippen molar-refractivity contribution in [3.8, 4) is 11.5 Å². The summed E-state index contributed by atoms with van der Waals surface area (Å²) in [6.45, 7) is 7.73. The van der Waals surface area contributed by atoms with Gasteiger partial charge in [0.05, 0.1) is 12.3 Å². The third-order valence-electron chi connectivity index (χ3n) is 3.38. The normalized spacial score (nSPS) is 10.8. The molecule has 25 heavy (non-hydrogen) atoms. The van der Waals surface area contributed by atoms with Crippen LogP contribution in [0.4, 0.5) is 0 Å². The highest BCUT2D eigenvalue weighted by molar-refractivity contribution is 7.99. The van der Waals surface area contributed by atoms with Gasteiger partial charge in [0.25, 0.3) is 5.22 Å². The zero-order valence-electron chi connectivity index (χ0n) is 14.8. The lowest BCUT2D eigenvalue weighted by Crippen LogP contribution is -2.40. The van der Waals surface area contributed by atoms with Crippen LogP contribution in [0.3, 0.4) is 0 Å². The van der Waals surface area contributed by atoms with E-state index in [2.05, 4.69) is 20.8 Å². The van der Waals surface area contributed by atoms with Crippen LogP contribution in [0.25, 0.3) is 11.5 Å². The van der Waals surface area contributed by atoms with E-state index in [1.165, 1.54) is 5.56 Å². The molecule has 0 radical (unpaired) electrons. The third kappa shape index (κ3) is 5.90. The Morgan fingerprint density at radius 1 is 1.16 bits per heavy atom. The van der Waals surface area contributed by atoms with Crippen molar-refractivity contribution in [3.05, 3.63) is 29.3 Å². The summed E-state index contributed by atoms with van der Waals surface area (Å²) in [6, 6.07) is 5.94. The van der Waals surface area contributed by atoms with Crippen LogP contribution in [-0.4, -0.2) is 40.4 Å². The van der Waals surface area contributed by atoms with Crippen LogP contribution in [0.15, 0.2) is 27.8 Å². The fraction of sp³-hybridized carbons (Fsp3) is 0.412. The molecular weight excluding hydrogens is 340 g/mol. The van der Waals surface area contributed by atoms with Crippen molar-refractivity contribution in [2.75, 3.05) is 12.3 Å². The van der Waals surface area contributed by atoms with Crippen molar-refractivity contribution in [1.29, 1.82) is 0 Å². The van der Waals surface area contributed by atoms with Gasteiger partial charge in [0.1, 0.15) is 0 Å². The summed E-state index contributed by atoms with van der Waals surface area (Å²) in [4.78, 5) is 23.2. The molecule has 2 aromatic rings. The highest BCUT2D eigenvalue weighted by atomic mass is 32.2. The molecule has 1 aromatic carbocycles. The molecule has 0 aliphatic heterocycles. The molecule has 2 rings (SSSR count). The number of rotatable bonds is 7. The van der Waals surface area contributed by atoms with Gasteiger partial charge in [0.2, 0.25) is 17.7 Å². The number of hydrogen-bond donors (Lipinski definition) is 2. The number of aromatic nitrogens is 2. The molecule has 0 aliphatic carbocycles. The van der Waals surface area contributed by atoms with Crippen molar-refractivity contribution in [2.24, 2.45) is 0 Å². The summed E-state index contributed by atoms with van der Waals surface area (Å²) in [6.07, 6.45) is 0. The van der Waals surface area contributed by atoms with Crippen LogP contribution in [-0.2, 0) is 9.59 Å². The first-order valence-corrected chi connectivity index (χ1v) is 8.93. The van der Waals surface area contributed by atoms with Crippen molar-refractivity contribution >= 4 is 23.6 Å². The van der Waals surface area contributed by atoms with Gasteiger partial charge in [0, 0.05) is 11.6 Å².